The van der Waals surface area contributed by atoms with Crippen molar-refractivity contribution in [3.05, 3.63) is 12.2 Å². The molecule has 2 heteroatoms. The summed E-state index contributed by atoms with van der Waals surface area (Å²) in [6.45, 7) is 7.61. The zero-order valence-electron chi connectivity index (χ0n) is 14.4. The first-order valence-corrected chi connectivity index (χ1v) is 9.27. The molecule has 0 heterocycles. The highest BCUT2D eigenvalue weighted by molar-refractivity contribution is 5.28. The van der Waals surface area contributed by atoms with Crippen molar-refractivity contribution in [2.24, 2.45) is 33.5 Å². The molecule has 0 saturated heterocycles. The molecule has 2 nitrogen and oxygen atoms in total. The summed E-state index contributed by atoms with van der Waals surface area (Å²) in [7, 11) is 0. The van der Waals surface area contributed by atoms with Gasteiger partial charge in [0.05, 0.1) is 12.7 Å². The molecule has 124 valence electrons. The molecule has 0 aliphatic heterocycles. The van der Waals surface area contributed by atoms with Crippen LogP contribution in [0.25, 0.3) is 0 Å². The van der Waals surface area contributed by atoms with Crippen molar-refractivity contribution in [2.45, 2.75) is 71.8 Å². The van der Waals surface area contributed by atoms with Crippen molar-refractivity contribution in [2.75, 3.05) is 6.61 Å². The third-order valence-electron chi connectivity index (χ3n) is 8.45. The van der Waals surface area contributed by atoms with E-state index in [2.05, 4.69) is 32.9 Å². The van der Waals surface area contributed by atoms with Gasteiger partial charge in [-0.15, -0.1) is 0 Å². The average Bonchev–Trinajstić information content (AvgIpc) is 2.76. The van der Waals surface area contributed by atoms with E-state index < -0.39 is 0 Å². The molecule has 3 fully saturated rings. The molecule has 3 saturated carbocycles. The molecule has 4 aliphatic carbocycles. The van der Waals surface area contributed by atoms with Gasteiger partial charge in [-0.2, -0.15) is 0 Å². The second-order valence-corrected chi connectivity index (χ2v) is 9.89. The number of hydrogen-bond acceptors (Lipinski definition) is 2. The highest BCUT2D eigenvalue weighted by atomic mass is 16.3. The molecule has 0 aromatic carbocycles. The van der Waals surface area contributed by atoms with Crippen molar-refractivity contribution in [1.82, 2.24) is 0 Å². The van der Waals surface area contributed by atoms with Crippen LogP contribution in [0.15, 0.2) is 12.2 Å². The van der Waals surface area contributed by atoms with Gasteiger partial charge in [0.25, 0.3) is 0 Å². The summed E-state index contributed by atoms with van der Waals surface area (Å²) in [6, 6.07) is 0. The van der Waals surface area contributed by atoms with Crippen molar-refractivity contribution in [1.29, 1.82) is 0 Å². The first kappa shape index (κ1) is 15.2. The van der Waals surface area contributed by atoms with Crippen LogP contribution < -0.4 is 0 Å². The first-order valence-electron chi connectivity index (χ1n) is 9.27. The lowest BCUT2D eigenvalue weighted by Crippen LogP contribution is -2.61. The van der Waals surface area contributed by atoms with E-state index in [4.69, 9.17) is 0 Å². The minimum atomic E-state index is -0.224. The van der Waals surface area contributed by atoms with Crippen molar-refractivity contribution in [3.8, 4) is 0 Å². The summed E-state index contributed by atoms with van der Waals surface area (Å²) in [6.07, 6.45) is 12.5. The van der Waals surface area contributed by atoms with Gasteiger partial charge >= 0.3 is 0 Å². The summed E-state index contributed by atoms with van der Waals surface area (Å²) in [5, 5.41) is 21.0. The average molecular weight is 304 g/mol. The Morgan fingerprint density at radius 3 is 2.55 bits per heavy atom. The fraction of sp³-hybridized carbons (Fsp3) is 0.900. The third-order valence-corrected chi connectivity index (χ3v) is 8.45. The molecule has 6 atom stereocenters. The molecule has 2 bridgehead atoms. The summed E-state index contributed by atoms with van der Waals surface area (Å²) in [5.74, 6) is 1.22. The van der Waals surface area contributed by atoms with Crippen molar-refractivity contribution < 1.29 is 10.2 Å². The minimum Gasteiger partial charge on any atom is -0.395 e. The first-order chi connectivity index (χ1) is 10.3. The van der Waals surface area contributed by atoms with Crippen molar-refractivity contribution >= 4 is 0 Å². The fourth-order valence-corrected chi connectivity index (χ4v) is 7.38. The van der Waals surface area contributed by atoms with E-state index in [1.165, 1.54) is 25.7 Å². The number of hydrogen-bond donors (Lipinski definition) is 2. The Morgan fingerprint density at radius 1 is 1.05 bits per heavy atom. The van der Waals surface area contributed by atoms with Gasteiger partial charge in [0.2, 0.25) is 0 Å². The maximum atomic E-state index is 11.1. The molecule has 1 spiro atoms. The van der Waals surface area contributed by atoms with Gasteiger partial charge in [-0.3, -0.25) is 0 Å². The van der Waals surface area contributed by atoms with E-state index >= 15 is 0 Å². The largest absolute Gasteiger partial charge is 0.395 e. The zero-order valence-corrected chi connectivity index (χ0v) is 14.4. The maximum absolute atomic E-state index is 11.1. The third kappa shape index (κ3) is 1.69. The van der Waals surface area contributed by atoms with E-state index in [0.717, 1.165) is 19.3 Å². The van der Waals surface area contributed by atoms with Crippen LogP contribution in [0.2, 0.25) is 0 Å². The standard InChI is InChI=1S/C20H32O2/c1-17(2)6-4-7-18(3)14-5-8-19(13-21)9-10-20(14,12-19)16(22)11-15(17)18/h9-10,14-16,21-22H,4-8,11-13H2,1-3H3/t14-,15+,16-,18-,19-,20+/m0/s1. The lowest BCUT2D eigenvalue weighted by Gasteiger charge is -2.65. The van der Waals surface area contributed by atoms with Gasteiger partial charge in [0, 0.05) is 10.8 Å². The predicted octanol–water partition coefficient (Wildman–Crippen LogP) is 3.92. The van der Waals surface area contributed by atoms with E-state index in [9.17, 15) is 10.2 Å². The van der Waals surface area contributed by atoms with E-state index in [1.54, 1.807) is 0 Å². The quantitative estimate of drug-likeness (QED) is 0.721. The van der Waals surface area contributed by atoms with Gasteiger partial charge in [-0.05, 0) is 61.2 Å². The van der Waals surface area contributed by atoms with Crippen LogP contribution in [0, 0.1) is 33.5 Å². The zero-order chi connectivity index (χ0) is 15.8. The molecule has 0 aromatic heterocycles. The van der Waals surface area contributed by atoms with Crippen LogP contribution >= 0.6 is 0 Å². The lowest BCUT2D eigenvalue weighted by molar-refractivity contribution is -0.192. The van der Waals surface area contributed by atoms with Crippen LogP contribution in [0.3, 0.4) is 0 Å². The highest BCUT2D eigenvalue weighted by Gasteiger charge is 2.66. The van der Waals surface area contributed by atoms with E-state index in [1.807, 2.05) is 0 Å². The Kier molecular flexibility index (Phi) is 3.03. The lowest BCUT2D eigenvalue weighted by atomic mass is 9.40. The molecule has 4 rings (SSSR count). The Labute approximate surface area is 135 Å². The predicted molar refractivity (Wildman–Crippen MR) is 88.3 cm³/mol. The monoisotopic (exact) mass is 304 g/mol. The van der Waals surface area contributed by atoms with Gasteiger partial charge in [-0.25, -0.2) is 0 Å². The van der Waals surface area contributed by atoms with Crippen LogP contribution in [0.1, 0.15) is 65.7 Å². The number of aliphatic hydroxyl groups excluding tert-OH is 2. The normalized spacial score (nSPS) is 55.6. The van der Waals surface area contributed by atoms with Gasteiger partial charge in [-0.1, -0.05) is 39.3 Å². The Balaban J connectivity index is 1.77. The molecular formula is C20H32O2. The van der Waals surface area contributed by atoms with E-state index in [0.29, 0.717) is 22.7 Å². The minimum absolute atomic E-state index is 0.0368. The number of rotatable bonds is 1. The number of fused-ring (bicyclic) bond motifs is 3. The summed E-state index contributed by atoms with van der Waals surface area (Å²) in [4.78, 5) is 0. The smallest absolute Gasteiger partial charge is 0.0637 e. The maximum Gasteiger partial charge on any atom is 0.0637 e. The van der Waals surface area contributed by atoms with Crippen molar-refractivity contribution in [3.63, 3.8) is 0 Å². The summed E-state index contributed by atoms with van der Waals surface area (Å²) < 4.78 is 0. The van der Waals surface area contributed by atoms with Crippen LogP contribution in [-0.4, -0.2) is 22.9 Å². The Bertz CT molecular complexity index is 510. The SMILES string of the molecule is CC1(C)CCC[C@]2(C)[C@@H]1C[C@H](O)[C@@]13C=C[C@@](CO)(CC[C@@H]21)C3. The highest BCUT2D eigenvalue weighted by Crippen LogP contribution is 2.71. The Hall–Kier alpha value is -0.340. The topological polar surface area (TPSA) is 40.5 Å². The fourth-order valence-electron chi connectivity index (χ4n) is 7.38. The van der Waals surface area contributed by atoms with Crippen LogP contribution in [0.4, 0.5) is 0 Å². The molecule has 4 aliphatic rings. The molecule has 0 unspecified atom stereocenters. The van der Waals surface area contributed by atoms with Gasteiger partial charge < -0.3 is 10.2 Å². The molecule has 0 aromatic rings. The molecule has 0 amide bonds. The van der Waals surface area contributed by atoms with Crippen LogP contribution in [0.5, 0.6) is 0 Å². The Morgan fingerprint density at radius 2 is 1.82 bits per heavy atom. The summed E-state index contributed by atoms with van der Waals surface area (Å²) >= 11 is 0. The molecule has 22 heavy (non-hydrogen) atoms. The van der Waals surface area contributed by atoms with Gasteiger partial charge in [0.1, 0.15) is 0 Å². The molecular weight excluding hydrogens is 272 g/mol. The summed E-state index contributed by atoms with van der Waals surface area (Å²) in [5.41, 5.74) is 0.616. The van der Waals surface area contributed by atoms with E-state index in [-0.39, 0.29) is 23.5 Å². The second kappa shape index (κ2) is 4.39. The molecule has 2 N–H and O–H groups in total. The molecule has 0 radical (unpaired) electrons. The number of aliphatic hydroxyl groups is 2. The van der Waals surface area contributed by atoms with Gasteiger partial charge in [0.15, 0.2) is 0 Å². The second-order valence-electron chi connectivity index (χ2n) is 9.89. The van der Waals surface area contributed by atoms with Crippen LogP contribution in [-0.2, 0) is 0 Å².